The molecule has 2 atom stereocenters. The number of allylic oxidation sites excluding steroid dienone is 2. The van der Waals surface area contributed by atoms with Crippen LogP contribution in [0, 0.1) is 0 Å². The van der Waals surface area contributed by atoms with E-state index in [4.69, 9.17) is 13.8 Å². The van der Waals surface area contributed by atoms with Crippen molar-refractivity contribution in [3.63, 3.8) is 0 Å². The number of aliphatic hydroxyl groups excluding tert-OH is 1. The number of carbonyl (C=O) groups excluding carboxylic acids is 2. The van der Waals surface area contributed by atoms with Crippen LogP contribution in [0.25, 0.3) is 0 Å². The molecule has 0 fully saturated rings. The van der Waals surface area contributed by atoms with Gasteiger partial charge < -0.3 is 20.1 Å². The number of hydrogen-bond acceptors (Lipinski definition) is 7. The Morgan fingerprint density at radius 2 is 0.895 bits per heavy atom. The number of aliphatic hydroxyl groups is 1. The number of rotatable bonds is 46. The first kappa shape index (κ1) is 55.8. The van der Waals surface area contributed by atoms with Gasteiger partial charge in [-0.1, -0.05) is 206 Å². The van der Waals surface area contributed by atoms with Crippen molar-refractivity contribution in [1.82, 2.24) is 5.32 Å². The SMILES string of the molecule is CCCCCC/C=C\CCCCCCCC(=O)OCC(O)COP(=O)(O)OCCNC(=O)CCCCCCCCCCCCCCCCCCCCCCCCC. The maximum Gasteiger partial charge on any atom is 0.472 e. The van der Waals surface area contributed by atoms with Crippen molar-refractivity contribution in [3.8, 4) is 0 Å². The van der Waals surface area contributed by atoms with Crippen LogP contribution in [-0.2, 0) is 27.9 Å². The van der Waals surface area contributed by atoms with Crippen LogP contribution in [0.1, 0.15) is 245 Å². The molecule has 0 radical (unpaired) electrons. The van der Waals surface area contributed by atoms with Crippen molar-refractivity contribution in [2.45, 2.75) is 251 Å². The normalized spacial score (nSPS) is 13.3. The molecule has 10 heteroatoms. The van der Waals surface area contributed by atoms with E-state index in [1.165, 1.54) is 161 Å². The first-order chi connectivity index (χ1) is 27.8. The summed E-state index contributed by atoms with van der Waals surface area (Å²) >= 11 is 0. The summed E-state index contributed by atoms with van der Waals surface area (Å²) in [5, 5.41) is 12.7. The fraction of sp³-hybridized carbons (Fsp3) is 0.915. The number of hydrogen-bond donors (Lipinski definition) is 3. The van der Waals surface area contributed by atoms with Gasteiger partial charge in [0.25, 0.3) is 0 Å². The number of amides is 1. The maximum absolute atomic E-state index is 12.1. The molecule has 57 heavy (non-hydrogen) atoms. The van der Waals surface area contributed by atoms with E-state index in [2.05, 4.69) is 31.3 Å². The van der Waals surface area contributed by atoms with E-state index in [0.29, 0.717) is 6.42 Å². The Morgan fingerprint density at radius 3 is 1.33 bits per heavy atom. The minimum absolute atomic E-state index is 0.0858. The van der Waals surface area contributed by atoms with Gasteiger partial charge in [0.2, 0.25) is 5.91 Å². The molecule has 0 aromatic carbocycles. The Labute approximate surface area is 351 Å². The second-order valence-electron chi connectivity index (χ2n) is 16.4. The van der Waals surface area contributed by atoms with Gasteiger partial charge in [0.15, 0.2) is 0 Å². The average Bonchev–Trinajstić information content (AvgIpc) is 3.20. The number of phosphoric acid groups is 1. The maximum atomic E-state index is 12.1. The smallest absolute Gasteiger partial charge is 0.463 e. The second-order valence-corrected chi connectivity index (χ2v) is 17.9. The van der Waals surface area contributed by atoms with Gasteiger partial charge in [0, 0.05) is 19.4 Å². The summed E-state index contributed by atoms with van der Waals surface area (Å²) in [6, 6.07) is 0. The lowest BCUT2D eigenvalue weighted by molar-refractivity contribution is -0.147. The van der Waals surface area contributed by atoms with Crippen LogP contribution in [0.2, 0.25) is 0 Å². The van der Waals surface area contributed by atoms with E-state index in [9.17, 15) is 24.2 Å². The lowest BCUT2D eigenvalue weighted by atomic mass is 10.0. The molecule has 0 saturated carbocycles. The van der Waals surface area contributed by atoms with E-state index >= 15 is 0 Å². The van der Waals surface area contributed by atoms with Crippen molar-refractivity contribution in [2.24, 2.45) is 0 Å². The largest absolute Gasteiger partial charge is 0.472 e. The Balaban J connectivity index is 3.51. The Morgan fingerprint density at radius 1 is 0.526 bits per heavy atom. The Hall–Kier alpha value is -1.25. The van der Waals surface area contributed by atoms with Gasteiger partial charge in [-0.15, -0.1) is 0 Å². The van der Waals surface area contributed by atoms with Crippen LogP contribution in [-0.4, -0.2) is 54.3 Å². The summed E-state index contributed by atoms with van der Waals surface area (Å²) in [5.74, 6) is -0.514. The van der Waals surface area contributed by atoms with Crippen LogP contribution in [0.15, 0.2) is 12.2 Å². The van der Waals surface area contributed by atoms with Gasteiger partial charge in [-0.2, -0.15) is 0 Å². The fourth-order valence-corrected chi connectivity index (χ4v) is 7.78. The zero-order valence-electron chi connectivity index (χ0n) is 37.3. The zero-order valence-corrected chi connectivity index (χ0v) is 38.2. The molecule has 0 aromatic rings. The minimum atomic E-state index is -4.41. The van der Waals surface area contributed by atoms with Gasteiger partial charge in [0.1, 0.15) is 12.7 Å². The minimum Gasteiger partial charge on any atom is -0.463 e. The first-order valence-corrected chi connectivity index (χ1v) is 25.7. The number of nitrogens with one attached hydrogen (secondary N) is 1. The number of carbonyl (C=O) groups is 2. The summed E-state index contributed by atoms with van der Waals surface area (Å²) in [7, 11) is -4.41. The highest BCUT2D eigenvalue weighted by molar-refractivity contribution is 7.47. The molecule has 338 valence electrons. The predicted molar refractivity (Wildman–Crippen MR) is 238 cm³/mol. The average molecular weight is 830 g/mol. The molecule has 3 N–H and O–H groups in total. The molecular formula is C47H92NO8P. The predicted octanol–water partition coefficient (Wildman–Crippen LogP) is 13.8. The first-order valence-electron chi connectivity index (χ1n) is 24.2. The van der Waals surface area contributed by atoms with Gasteiger partial charge >= 0.3 is 13.8 Å². The monoisotopic (exact) mass is 830 g/mol. The van der Waals surface area contributed by atoms with E-state index in [1.54, 1.807) is 0 Å². The summed E-state index contributed by atoms with van der Waals surface area (Å²) in [6.07, 6.45) is 47.3. The number of ether oxygens (including phenoxy) is 1. The highest BCUT2D eigenvalue weighted by Crippen LogP contribution is 2.42. The van der Waals surface area contributed by atoms with Gasteiger partial charge in [-0.25, -0.2) is 4.57 Å². The van der Waals surface area contributed by atoms with Crippen molar-refractivity contribution < 1.29 is 37.9 Å². The summed E-state index contributed by atoms with van der Waals surface area (Å²) in [4.78, 5) is 33.9. The zero-order chi connectivity index (χ0) is 41.8. The summed E-state index contributed by atoms with van der Waals surface area (Å²) in [6.45, 7) is 3.57. The van der Waals surface area contributed by atoms with Gasteiger partial charge in [-0.05, 0) is 38.5 Å². The van der Waals surface area contributed by atoms with E-state index in [-0.39, 0.29) is 32.1 Å². The standard InChI is InChI=1S/C47H92NO8P/c1-3-5-7-9-11-13-15-17-18-19-20-21-22-23-24-25-26-28-29-31-33-35-37-39-46(50)48-41-42-55-57(52,53)56-44-45(49)43-54-47(51)40-38-36-34-32-30-27-16-14-12-10-8-6-4-2/h14,16,45,49H,3-13,15,17-44H2,1-2H3,(H,48,50)(H,52,53)/b16-14-. The van der Waals surface area contributed by atoms with Gasteiger partial charge in [0.05, 0.1) is 13.2 Å². The molecule has 0 aliphatic rings. The molecule has 0 aromatic heterocycles. The van der Waals surface area contributed by atoms with Crippen LogP contribution in [0.3, 0.4) is 0 Å². The molecule has 9 nitrogen and oxygen atoms in total. The molecular weight excluding hydrogens is 737 g/mol. The molecule has 0 spiro atoms. The van der Waals surface area contributed by atoms with Gasteiger partial charge in [-0.3, -0.25) is 18.6 Å². The number of unbranched alkanes of at least 4 members (excludes halogenated alkanes) is 31. The summed E-state index contributed by atoms with van der Waals surface area (Å²) in [5.41, 5.74) is 0. The third-order valence-corrected chi connectivity index (χ3v) is 11.7. The fourth-order valence-electron chi connectivity index (χ4n) is 7.02. The molecule has 0 saturated heterocycles. The molecule has 0 bridgehead atoms. The quantitative estimate of drug-likeness (QED) is 0.0239. The lowest BCUT2D eigenvalue weighted by Crippen LogP contribution is -2.27. The van der Waals surface area contributed by atoms with Crippen LogP contribution >= 0.6 is 7.82 Å². The molecule has 2 unspecified atom stereocenters. The van der Waals surface area contributed by atoms with Crippen LogP contribution < -0.4 is 5.32 Å². The van der Waals surface area contributed by atoms with E-state index in [0.717, 1.165) is 57.8 Å². The third-order valence-electron chi connectivity index (χ3n) is 10.7. The molecule has 0 heterocycles. The second kappa shape index (κ2) is 44.3. The Kier molecular flexibility index (Phi) is 43.3. The van der Waals surface area contributed by atoms with Crippen molar-refractivity contribution in [1.29, 1.82) is 0 Å². The number of esters is 1. The van der Waals surface area contributed by atoms with Crippen LogP contribution in [0.4, 0.5) is 0 Å². The lowest BCUT2D eigenvalue weighted by Gasteiger charge is -2.15. The molecule has 0 rings (SSSR count). The third kappa shape index (κ3) is 45.7. The molecule has 0 aliphatic carbocycles. The molecule has 0 aliphatic heterocycles. The van der Waals surface area contributed by atoms with Crippen molar-refractivity contribution in [2.75, 3.05) is 26.4 Å². The van der Waals surface area contributed by atoms with Crippen molar-refractivity contribution in [3.05, 3.63) is 12.2 Å². The topological polar surface area (TPSA) is 131 Å². The van der Waals surface area contributed by atoms with E-state index in [1.807, 2.05) is 0 Å². The number of phosphoric ester groups is 1. The van der Waals surface area contributed by atoms with Crippen molar-refractivity contribution >= 4 is 19.7 Å². The Bertz CT molecular complexity index is 948. The van der Waals surface area contributed by atoms with E-state index < -0.39 is 26.5 Å². The highest BCUT2D eigenvalue weighted by Gasteiger charge is 2.23. The molecule has 1 amide bonds. The highest BCUT2D eigenvalue weighted by atomic mass is 31.2. The summed E-state index contributed by atoms with van der Waals surface area (Å²) < 4.78 is 26.9. The van der Waals surface area contributed by atoms with Crippen LogP contribution in [0.5, 0.6) is 0 Å².